The van der Waals surface area contributed by atoms with E-state index in [-0.39, 0.29) is 17.9 Å². The topological polar surface area (TPSA) is 73.1 Å². The molecule has 1 saturated heterocycles. The summed E-state index contributed by atoms with van der Waals surface area (Å²) in [5.41, 5.74) is 2.34. The number of hydrogen-bond acceptors (Lipinski definition) is 5. The van der Waals surface area contributed by atoms with E-state index in [0.717, 1.165) is 29.2 Å². The molecule has 0 N–H and O–H groups in total. The Bertz CT molecular complexity index is 1270. The first-order valence-electron chi connectivity index (χ1n) is 11.3. The highest BCUT2D eigenvalue weighted by molar-refractivity contribution is 5.98. The molecule has 0 spiro atoms. The normalized spacial score (nSPS) is 18.4. The number of piperidine rings is 1. The number of ether oxygens (including phenoxy) is 1. The van der Waals surface area contributed by atoms with Gasteiger partial charge in [0.15, 0.2) is 0 Å². The Kier molecular flexibility index (Phi) is 5.77. The minimum atomic E-state index is 0.00601. The predicted molar refractivity (Wildman–Crippen MR) is 127 cm³/mol. The highest BCUT2D eigenvalue weighted by Gasteiger charge is 2.31. The van der Waals surface area contributed by atoms with Crippen molar-refractivity contribution < 1.29 is 9.53 Å². The molecular formula is C26H27N5O2. The van der Waals surface area contributed by atoms with Crippen LogP contribution in [0.15, 0.2) is 67.1 Å². The third-order valence-electron chi connectivity index (χ3n) is 6.35. The Morgan fingerprint density at radius 1 is 1.06 bits per heavy atom. The molecule has 0 aliphatic carbocycles. The lowest BCUT2D eigenvalue weighted by Gasteiger charge is -2.38. The van der Waals surface area contributed by atoms with Crippen molar-refractivity contribution in [1.29, 1.82) is 0 Å². The van der Waals surface area contributed by atoms with Crippen molar-refractivity contribution in [1.82, 2.24) is 24.9 Å². The molecule has 2 atom stereocenters. The number of rotatable bonds is 5. The fraction of sp³-hybridized carbons (Fsp3) is 0.308. The maximum atomic E-state index is 13.7. The monoisotopic (exact) mass is 441 g/mol. The number of pyridine rings is 1. The third-order valence-corrected chi connectivity index (χ3v) is 6.35. The first-order valence-corrected chi connectivity index (χ1v) is 11.3. The minimum Gasteiger partial charge on any atom is -0.477 e. The number of benzene rings is 2. The third kappa shape index (κ3) is 4.31. The van der Waals surface area contributed by atoms with Crippen LogP contribution in [0.25, 0.3) is 16.5 Å². The molecule has 1 amide bonds. The maximum Gasteiger partial charge on any atom is 0.256 e. The van der Waals surface area contributed by atoms with Gasteiger partial charge in [-0.3, -0.25) is 4.79 Å². The van der Waals surface area contributed by atoms with Crippen molar-refractivity contribution in [2.75, 3.05) is 13.2 Å². The summed E-state index contributed by atoms with van der Waals surface area (Å²) >= 11 is 0. The van der Waals surface area contributed by atoms with E-state index in [1.54, 1.807) is 18.6 Å². The maximum absolute atomic E-state index is 13.7. The van der Waals surface area contributed by atoms with Crippen molar-refractivity contribution in [3.63, 3.8) is 0 Å². The highest BCUT2D eigenvalue weighted by Crippen LogP contribution is 2.28. The molecule has 33 heavy (non-hydrogen) atoms. The lowest BCUT2D eigenvalue weighted by molar-refractivity contribution is 0.0503. The van der Waals surface area contributed by atoms with Crippen LogP contribution in [-0.2, 0) is 0 Å². The molecule has 4 aromatic rings. The van der Waals surface area contributed by atoms with Crippen molar-refractivity contribution in [3.8, 4) is 11.6 Å². The van der Waals surface area contributed by atoms with Crippen LogP contribution in [0.2, 0.25) is 0 Å². The van der Waals surface area contributed by atoms with Gasteiger partial charge in [-0.05, 0) is 56.3 Å². The second-order valence-electron chi connectivity index (χ2n) is 8.74. The van der Waals surface area contributed by atoms with Crippen LogP contribution in [0.5, 0.6) is 5.88 Å². The van der Waals surface area contributed by atoms with Crippen molar-refractivity contribution in [3.05, 3.63) is 78.2 Å². The Hall–Kier alpha value is -3.74. The van der Waals surface area contributed by atoms with E-state index in [0.29, 0.717) is 30.3 Å². The van der Waals surface area contributed by atoms with Gasteiger partial charge in [0.25, 0.3) is 5.91 Å². The number of likely N-dealkylation sites (tertiary alicyclic amines) is 1. The van der Waals surface area contributed by atoms with E-state index in [1.807, 2.05) is 54.3 Å². The van der Waals surface area contributed by atoms with Crippen LogP contribution in [0.4, 0.5) is 0 Å². The molecule has 1 fully saturated rings. The number of amides is 1. The van der Waals surface area contributed by atoms with E-state index in [9.17, 15) is 4.79 Å². The number of aryl methyl sites for hydroxylation is 1. The summed E-state index contributed by atoms with van der Waals surface area (Å²) in [4.78, 5) is 21.6. The van der Waals surface area contributed by atoms with Gasteiger partial charge in [0, 0.05) is 30.1 Å². The predicted octanol–water partition coefficient (Wildman–Crippen LogP) is 4.44. The Labute approximate surface area is 193 Å². The SMILES string of the molecule is Cc1ccc(-n2nccn2)c(C(=O)N2C[C@@H](COc3nccc4ccccc34)CC[C@H]2C)c1. The number of hydrogen-bond donors (Lipinski definition) is 0. The van der Waals surface area contributed by atoms with Gasteiger partial charge in [-0.15, -0.1) is 0 Å². The van der Waals surface area contributed by atoms with E-state index in [1.165, 1.54) is 4.80 Å². The van der Waals surface area contributed by atoms with Gasteiger partial charge in [0.05, 0.1) is 30.3 Å². The molecular weight excluding hydrogens is 414 g/mol. The Morgan fingerprint density at radius 3 is 2.73 bits per heavy atom. The second kappa shape index (κ2) is 9.02. The summed E-state index contributed by atoms with van der Waals surface area (Å²) in [6.45, 7) is 5.27. The van der Waals surface area contributed by atoms with Crippen LogP contribution in [-0.4, -0.2) is 50.0 Å². The molecule has 0 saturated carbocycles. The molecule has 0 unspecified atom stereocenters. The summed E-state index contributed by atoms with van der Waals surface area (Å²) in [6, 6.07) is 16.0. The van der Waals surface area contributed by atoms with Crippen LogP contribution in [0, 0.1) is 12.8 Å². The fourth-order valence-corrected chi connectivity index (χ4v) is 4.50. The summed E-state index contributed by atoms with van der Waals surface area (Å²) in [6.07, 6.45) is 6.96. The van der Waals surface area contributed by atoms with Gasteiger partial charge >= 0.3 is 0 Å². The molecule has 7 nitrogen and oxygen atoms in total. The molecule has 2 aromatic carbocycles. The minimum absolute atomic E-state index is 0.00601. The fourth-order valence-electron chi connectivity index (χ4n) is 4.50. The molecule has 7 heteroatoms. The van der Waals surface area contributed by atoms with Gasteiger partial charge in [-0.25, -0.2) is 4.98 Å². The zero-order chi connectivity index (χ0) is 22.8. The molecule has 1 aliphatic rings. The lowest BCUT2D eigenvalue weighted by atomic mass is 9.93. The van der Waals surface area contributed by atoms with Crippen LogP contribution >= 0.6 is 0 Å². The van der Waals surface area contributed by atoms with E-state index in [4.69, 9.17) is 4.74 Å². The quantitative estimate of drug-likeness (QED) is 0.458. The standard InChI is InChI=1S/C26H27N5O2/c1-18-7-10-24(31-28-13-14-29-31)23(15-18)26(32)30-16-20(9-8-19(30)2)17-33-25-22-6-4-3-5-21(22)11-12-27-25/h3-7,10-15,19-20H,8-9,16-17H2,1-2H3/t19-,20+/m1/s1. The average Bonchev–Trinajstić information content (AvgIpc) is 3.38. The number of nitrogens with zero attached hydrogens (tertiary/aromatic N) is 5. The van der Waals surface area contributed by atoms with E-state index in [2.05, 4.69) is 28.2 Å². The van der Waals surface area contributed by atoms with E-state index >= 15 is 0 Å². The smallest absolute Gasteiger partial charge is 0.256 e. The van der Waals surface area contributed by atoms with Gasteiger partial charge < -0.3 is 9.64 Å². The molecule has 1 aliphatic heterocycles. The first kappa shape index (κ1) is 21.1. The largest absolute Gasteiger partial charge is 0.477 e. The number of carbonyl (C=O) groups excluding carboxylic acids is 1. The van der Waals surface area contributed by atoms with E-state index < -0.39 is 0 Å². The molecule has 3 heterocycles. The zero-order valence-corrected chi connectivity index (χ0v) is 18.9. The molecule has 168 valence electrons. The summed E-state index contributed by atoms with van der Waals surface area (Å²) in [5, 5.41) is 10.6. The molecule has 0 radical (unpaired) electrons. The summed E-state index contributed by atoms with van der Waals surface area (Å²) in [5.74, 6) is 0.892. The van der Waals surface area contributed by atoms with Gasteiger partial charge in [-0.1, -0.05) is 29.8 Å². The number of aromatic nitrogens is 4. The van der Waals surface area contributed by atoms with Gasteiger partial charge in [0.2, 0.25) is 5.88 Å². The zero-order valence-electron chi connectivity index (χ0n) is 18.9. The molecule has 2 aromatic heterocycles. The van der Waals surface area contributed by atoms with Crippen molar-refractivity contribution in [2.24, 2.45) is 5.92 Å². The molecule has 5 rings (SSSR count). The van der Waals surface area contributed by atoms with Gasteiger partial charge in [0.1, 0.15) is 0 Å². The summed E-state index contributed by atoms with van der Waals surface area (Å²) in [7, 11) is 0. The molecule has 0 bridgehead atoms. The second-order valence-corrected chi connectivity index (χ2v) is 8.74. The highest BCUT2D eigenvalue weighted by atomic mass is 16.5. The van der Waals surface area contributed by atoms with Crippen LogP contribution in [0.3, 0.4) is 0 Å². The lowest BCUT2D eigenvalue weighted by Crippen LogP contribution is -2.47. The Balaban J connectivity index is 1.34. The van der Waals surface area contributed by atoms with Crippen LogP contribution in [0.1, 0.15) is 35.7 Å². The average molecular weight is 442 g/mol. The number of fused-ring (bicyclic) bond motifs is 1. The Morgan fingerprint density at radius 2 is 1.88 bits per heavy atom. The first-order chi connectivity index (χ1) is 16.1. The van der Waals surface area contributed by atoms with Crippen molar-refractivity contribution in [2.45, 2.75) is 32.7 Å². The van der Waals surface area contributed by atoms with Crippen molar-refractivity contribution >= 4 is 16.7 Å². The van der Waals surface area contributed by atoms with Crippen LogP contribution < -0.4 is 4.74 Å². The summed E-state index contributed by atoms with van der Waals surface area (Å²) < 4.78 is 6.16. The number of carbonyl (C=O) groups is 1. The van der Waals surface area contributed by atoms with Gasteiger partial charge in [-0.2, -0.15) is 15.0 Å².